The highest BCUT2D eigenvalue weighted by Gasteiger charge is 2.15. The van der Waals surface area contributed by atoms with Gasteiger partial charge in [0.05, 0.1) is 0 Å². The maximum atomic E-state index is 4.88. The number of fused-ring (bicyclic) bond motifs is 1. The second-order valence-corrected chi connectivity index (χ2v) is 4.85. The summed E-state index contributed by atoms with van der Waals surface area (Å²) in [5.41, 5.74) is 5.69. The van der Waals surface area contributed by atoms with Gasteiger partial charge in [-0.15, -0.1) is 0 Å². The quantitative estimate of drug-likeness (QED) is 0.715. The van der Waals surface area contributed by atoms with Gasteiger partial charge in [0, 0.05) is 11.4 Å². The molecule has 15 heavy (non-hydrogen) atoms. The molecule has 0 amide bonds. The summed E-state index contributed by atoms with van der Waals surface area (Å²) in [5.74, 6) is 0.562. The van der Waals surface area contributed by atoms with Crippen molar-refractivity contribution in [3.8, 4) is 0 Å². The van der Waals surface area contributed by atoms with Crippen LogP contribution in [0.25, 0.3) is 0 Å². The number of nitrogens with zero attached hydrogens (tertiary/aromatic N) is 1. The molecule has 2 rings (SSSR count). The van der Waals surface area contributed by atoms with Gasteiger partial charge in [-0.05, 0) is 49.1 Å². The van der Waals surface area contributed by atoms with Crippen LogP contribution in [0.4, 0.5) is 0 Å². The number of pyridine rings is 1. The van der Waals surface area contributed by atoms with E-state index in [1.807, 2.05) is 0 Å². The first kappa shape index (κ1) is 10.7. The van der Waals surface area contributed by atoms with E-state index >= 15 is 0 Å². The third-order valence-electron chi connectivity index (χ3n) is 3.34. The van der Waals surface area contributed by atoms with E-state index in [0.717, 1.165) is 6.42 Å². The lowest BCUT2D eigenvalue weighted by Crippen LogP contribution is -2.10. The molecule has 0 radical (unpaired) electrons. The van der Waals surface area contributed by atoms with Gasteiger partial charge >= 0.3 is 0 Å². The van der Waals surface area contributed by atoms with Gasteiger partial charge in [-0.2, -0.15) is 0 Å². The van der Waals surface area contributed by atoms with E-state index in [2.05, 4.69) is 26.8 Å². The second kappa shape index (κ2) is 4.34. The third kappa shape index (κ3) is 2.06. The minimum atomic E-state index is 0.562. The monoisotopic (exact) mass is 203 g/mol. The van der Waals surface area contributed by atoms with Gasteiger partial charge in [0.25, 0.3) is 0 Å². The molecule has 1 aliphatic carbocycles. The van der Waals surface area contributed by atoms with E-state index < -0.39 is 0 Å². The van der Waals surface area contributed by atoms with Gasteiger partial charge in [-0.25, -0.2) is 0 Å². The van der Waals surface area contributed by atoms with E-state index in [1.54, 1.807) is 0 Å². The Bertz CT molecular complexity index is 353. The Morgan fingerprint density at radius 3 is 2.67 bits per heavy atom. The molecule has 1 heteroatoms. The Balaban J connectivity index is 2.46. The highest BCUT2D eigenvalue weighted by Crippen LogP contribution is 2.26. The van der Waals surface area contributed by atoms with Gasteiger partial charge in [-0.1, -0.05) is 26.8 Å². The molecular weight excluding hydrogens is 182 g/mol. The summed E-state index contributed by atoms with van der Waals surface area (Å²) in [4.78, 5) is 4.88. The first-order valence-corrected chi connectivity index (χ1v) is 6.24. The topological polar surface area (TPSA) is 12.9 Å². The Labute approximate surface area is 92.9 Å². The molecule has 0 atom stereocenters. The highest BCUT2D eigenvalue weighted by atomic mass is 14.7. The number of hydrogen-bond donors (Lipinski definition) is 0. The lowest BCUT2D eigenvalue weighted by molar-refractivity contribution is 0.653. The molecule has 0 saturated heterocycles. The number of aromatic nitrogens is 1. The van der Waals surface area contributed by atoms with Gasteiger partial charge in [0.2, 0.25) is 0 Å². The summed E-state index contributed by atoms with van der Waals surface area (Å²) in [7, 11) is 0. The smallest absolute Gasteiger partial charge is 0.0464 e. The van der Waals surface area contributed by atoms with Crippen LogP contribution in [-0.4, -0.2) is 4.98 Å². The van der Waals surface area contributed by atoms with Crippen LogP contribution in [0, 0.1) is 0 Å². The minimum absolute atomic E-state index is 0.562. The fourth-order valence-electron chi connectivity index (χ4n) is 2.48. The van der Waals surface area contributed by atoms with Gasteiger partial charge in [0.15, 0.2) is 0 Å². The van der Waals surface area contributed by atoms with Crippen LogP contribution < -0.4 is 0 Å². The van der Waals surface area contributed by atoms with Crippen molar-refractivity contribution in [2.45, 2.75) is 58.8 Å². The first-order valence-electron chi connectivity index (χ1n) is 6.24. The Morgan fingerprint density at radius 1 is 1.27 bits per heavy atom. The molecule has 1 aromatic rings. The lowest BCUT2D eigenvalue weighted by Gasteiger charge is -2.19. The van der Waals surface area contributed by atoms with Crippen molar-refractivity contribution in [1.82, 2.24) is 4.98 Å². The van der Waals surface area contributed by atoms with Crippen molar-refractivity contribution in [2.75, 3.05) is 0 Å². The summed E-state index contributed by atoms with van der Waals surface area (Å²) in [5, 5.41) is 0. The Hall–Kier alpha value is -0.850. The van der Waals surface area contributed by atoms with Crippen molar-refractivity contribution in [2.24, 2.45) is 0 Å². The molecule has 1 aromatic heterocycles. The number of aryl methyl sites for hydroxylation is 3. The van der Waals surface area contributed by atoms with E-state index in [0.29, 0.717) is 5.92 Å². The molecule has 1 heterocycles. The molecule has 1 nitrogen and oxygen atoms in total. The third-order valence-corrected chi connectivity index (χ3v) is 3.34. The fraction of sp³-hybridized carbons (Fsp3) is 0.643. The highest BCUT2D eigenvalue weighted by molar-refractivity contribution is 5.33. The second-order valence-electron chi connectivity index (χ2n) is 4.85. The molecule has 0 aliphatic heterocycles. The van der Waals surface area contributed by atoms with Gasteiger partial charge in [0.1, 0.15) is 0 Å². The molecular formula is C14H21N. The predicted octanol–water partition coefficient (Wildman–Crippen LogP) is 3.65. The standard InChI is InChI=1S/C14H21N/c1-4-11-9-12-7-5-6-8-13(12)15-14(11)10(2)3/h9-10H,4-8H2,1-3H3. The zero-order valence-electron chi connectivity index (χ0n) is 10.1. The van der Waals surface area contributed by atoms with Crippen LogP contribution in [0.2, 0.25) is 0 Å². The molecule has 0 spiro atoms. The van der Waals surface area contributed by atoms with E-state index in [9.17, 15) is 0 Å². The largest absolute Gasteiger partial charge is 0.257 e. The number of rotatable bonds is 2. The molecule has 0 unspecified atom stereocenters. The van der Waals surface area contributed by atoms with Crippen LogP contribution >= 0.6 is 0 Å². The van der Waals surface area contributed by atoms with Crippen molar-refractivity contribution in [3.05, 3.63) is 28.6 Å². The summed E-state index contributed by atoms with van der Waals surface area (Å²) in [6, 6.07) is 2.41. The number of hydrogen-bond acceptors (Lipinski definition) is 1. The van der Waals surface area contributed by atoms with Crippen LogP contribution in [0.15, 0.2) is 6.07 Å². The fourth-order valence-corrected chi connectivity index (χ4v) is 2.48. The lowest BCUT2D eigenvalue weighted by atomic mass is 9.91. The molecule has 1 aliphatic rings. The molecule has 0 N–H and O–H groups in total. The molecule has 0 aromatic carbocycles. The maximum absolute atomic E-state index is 4.88. The van der Waals surface area contributed by atoms with Gasteiger partial charge in [-0.3, -0.25) is 4.98 Å². The van der Waals surface area contributed by atoms with Crippen molar-refractivity contribution >= 4 is 0 Å². The van der Waals surface area contributed by atoms with Crippen LogP contribution in [0.1, 0.15) is 62.0 Å². The SMILES string of the molecule is CCc1cc2c(nc1C(C)C)CCCC2. The van der Waals surface area contributed by atoms with Crippen molar-refractivity contribution < 1.29 is 0 Å². The van der Waals surface area contributed by atoms with Crippen LogP contribution in [0.3, 0.4) is 0 Å². The first-order chi connectivity index (χ1) is 7.22. The predicted molar refractivity (Wildman–Crippen MR) is 64.3 cm³/mol. The van der Waals surface area contributed by atoms with Crippen LogP contribution in [-0.2, 0) is 19.3 Å². The molecule has 0 bridgehead atoms. The van der Waals surface area contributed by atoms with Crippen LogP contribution in [0.5, 0.6) is 0 Å². The van der Waals surface area contributed by atoms with Crippen molar-refractivity contribution in [1.29, 1.82) is 0 Å². The summed E-state index contributed by atoms with van der Waals surface area (Å²) < 4.78 is 0. The average molecular weight is 203 g/mol. The zero-order chi connectivity index (χ0) is 10.8. The minimum Gasteiger partial charge on any atom is -0.257 e. The van der Waals surface area contributed by atoms with E-state index in [1.165, 1.54) is 48.2 Å². The molecule has 82 valence electrons. The summed E-state index contributed by atoms with van der Waals surface area (Å²) in [6.45, 7) is 6.73. The normalized spacial score (nSPS) is 15.5. The van der Waals surface area contributed by atoms with E-state index in [4.69, 9.17) is 4.98 Å². The molecule has 0 fully saturated rings. The Kier molecular flexibility index (Phi) is 3.08. The van der Waals surface area contributed by atoms with Crippen molar-refractivity contribution in [3.63, 3.8) is 0 Å². The average Bonchev–Trinajstić information content (AvgIpc) is 2.27. The summed E-state index contributed by atoms with van der Waals surface area (Å²) in [6.07, 6.45) is 6.22. The zero-order valence-corrected chi connectivity index (χ0v) is 10.1. The Morgan fingerprint density at radius 2 is 2.00 bits per heavy atom. The summed E-state index contributed by atoms with van der Waals surface area (Å²) >= 11 is 0. The molecule has 0 saturated carbocycles. The van der Waals surface area contributed by atoms with E-state index in [-0.39, 0.29) is 0 Å². The maximum Gasteiger partial charge on any atom is 0.0464 e. The van der Waals surface area contributed by atoms with Gasteiger partial charge < -0.3 is 0 Å².